The average Bonchev–Trinajstić information content (AvgIpc) is 2.73. The highest BCUT2D eigenvalue weighted by Gasteiger charge is 2.23. The fraction of sp³-hybridized carbons (Fsp3) is 0.812. The molecular formula is C16H29N3. The molecule has 1 unspecified atom stereocenters. The highest BCUT2D eigenvalue weighted by molar-refractivity contribution is 5.21. The Morgan fingerprint density at radius 2 is 2.11 bits per heavy atom. The molecule has 0 saturated heterocycles. The molecule has 19 heavy (non-hydrogen) atoms. The Bertz CT molecular complexity index is 406. The number of hydrogen-bond acceptors (Lipinski definition) is 2. The summed E-state index contributed by atoms with van der Waals surface area (Å²) in [6.45, 7) is 11.2. The quantitative estimate of drug-likeness (QED) is 0.851. The molecule has 0 spiro atoms. The van der Waals surface area contributed by atoms with Crippen LogP contribution in [0.5, 0.6) is 0 Å². The first kappa shape index (κ1) is 14.6. The second-order valence-corrected chi connectivity index (χ2v) is 6.17. The third-order valence-electron chi connectivity index (χ3n) is 4.05. The smallest absolute Gasteiger partial charge is 0.109 e. The average molecular weight is 263 g/mol. The minimum Gasteiger partial charge on any atom is -0.329 e. The Balaban J connectivity index is 2.38. The molecule has 3 nitrogen and oxygen atoms in total. The van der Waals surface area contributed by atoms with E-state index in [2.05, 4.69) is 37.6 Å². The van der Waals surface area contributed by atoms with Gasteiger partial charge in [0.25, 0.3) is 0 Å². The summed E-state index contributed by atoms with van der Waals surface area (Å²) >= 11 is 0. The van der Waals surface area contributed by atoms with E-state index in [9.17, 15) is 0 Å². The predicted octanol–water partition coefficient (Wildman–Crippen LogP) is 3.48. The van der Waals surface area contributed by atoms with Crippen molar-refractivity contribution >= 4 is 0 Å². The zero-order valence-corrected chi connectivity index (χ0v) is 13.0. The molecule has 1 N–H and O–H groups in total. The van der Waals surface area contributed by atoms with E-state index < -0.39 is 0 Å². The second kappa shape index (κ2) is 6.56. The lowest BCUT2D eigenvalue weighted by Crippen LogP contribution is -2.26. The zero-order valence-electron chi connectivity index (χ0n) is 13.0. The largest absolute Gasteiger partial charge is 0.329 e. The molecule has 0 saturated carbocycles. The van der Waals surface area contributed by atoms with E-state index >= 15 is 0 Å². The lowest BCUT2D eigenvalue weighted by Gasteiger charge is -2.24. The minimum atomic E-state index is 0.646. The van der Waals surface area contributed by atoms with Crippen molar-refractivity contribution in [2.45, 2.75) is 72.4 Å². The number of nitrogens with zero attached hydrogens (tertiary/aromatic N) is 2. The van der Waals surface area contributed by atoms with Crippen LogP contribution in [0.3, 0.4) is 0 Å². The van der Waals surface area contributed by atoms with Gasteiger partial charge in [-0.15, -0.1) is 0 Å². The fourth-order valence-corrected chi connectivity index (χ4v) is 3.18. The van der Waals surface area contributed by atoms with Gasteiger partial charge in [0.05, 0.1) is 5.69 Å². The molecule has 2 rings (SSSR count). The summed E-state index contributed by atoms with van der Waals surface area (Å²) in [7, 11) is 0. The Morgan fingerprint density at radius 3 is 2.74 bits per heavy atom. The maximum atomic E-state index is 4.94. The van der Waals surface area contributed by atoms with E-state index in [1.165, 1.54) is 36.5 Å². The highest BCUT2D eigenvalue weighted by atomic mass is 15.1. The summed E-state index contributed by atoms with van der Waals surface area (Å²) in [4.78, 5) is 4.94. The van der Waals surface area contributed by atoms with Gasteiger partial charge in [-0.05, 0) is 18.8 Å². The van der Waals surface area contributed by atoms with E-state index in [4.69, 9.17) is 4.98 Å². The van der Waals surface area contributed by atoms with Crippen molar-refractivity contribution in [2.75, 3.05) is 6.54 Å². The van der Waals surface area contributed by atoms with Crippen LogP contribution in [0.4, 0.5) is 0 Å². The van der Waals surface area contributed by atoms with E-state index in [-0.39, 0.29) is 0 Å². The molecule has 0 radical (unpaired) electrons. The third-order valence-corrected chi connectivity index (χ3v) is 4.05. The Morgan fingerprint density at radius 1 is 1.32 bits per heavy atom. The van der Waals surface area contributed by atoms with Gasteiger partial charge in [0.2, 0.25) is 0 Å². The lowest BCUT2D eigenvalue weighted by atomic mass is 10.1. The molecule has 1 aromatic heterocycles. The highest BCUT2D eigenvalue weighted by Crippen LogP contribution is 2.27. The number of imidazole rings is 1. The van der Waals surface area contributed by atoms with E-state index in [1.807, 2.05) is 0 Å². The van der Waals surface area contributed by atoms with Gasteiger partial charge in [0.15, 0.2) is 0 Å². The van der Waals surface area contributed by atoms with Crippen LogP contribution < -0.4 is 5.32 Å². The van der Waals surface area contributed by atoms with Crippen molar-refractivity contribution < 1.29 is 0 Å². The Kier molecular flexibility index (Phi) is 5.03. The van der Waals surface area contributed by atoms with Crippen molar-refractivity contribution in [3.63, 3.8) is 0 Å². The first-order valence-electron chi connectivity index (χ1n) is 7.96. The number of fused-ring (bicyclic) bond motifs is 1. The maximum Gasteiger partial charge on any atom is 0.109 e. The van der Waals surface area contributed by atoms with Gasteiger partial charge in [0, 0.05) is 37.7 Å². The van der Waals surface area contributed by atoms with Crippen molar-refractivity contribution in [3.8, 4) is 0 Å². The molecule has 3 heteroatoms. The SMILES string of the molecule is CCCC(CC)n1c(CC(C)C)nc2c1CCNC2. The fourth-order valence-electron chi connectivity index (χ4n) is 3.18. The molecule has 0 amide bonds. The van der Waals surface area contributed by atoms with Crippen LogP contribution in [0.15, 0.2) is 0 Å². The zero-order chi connectivity index (χ0) is 13.8. The summed E-state index contributed by atoms with van der Waals surface area (Å²) in [6.07, 6.45) is 5.99. The van der Waals surface area contributed by atoms with Gasteiger partial charge in [0.1, 0.15) is 5.82 Å². The van der Waals surface area contributed by atoms with Crippen LogP contribution in [-0.4, -0.2) is 16.1 Å². The summed E-state index contributed by atoms with van der Waals surface area (Å²) < 4.78 is 2.60. The molecule has 1 atom stereocenters. The molecule has 0 aliphatic carbocycles. The van der Waals surface area contributed by atoms with Gasteiger partial charge in [-0.3, -0.25) is 0 Å². The molecule has 0 aromatic carbocycles. The Labute approximate surface area is 117 Å². The summed E-state index contributed by atoms with van der Waals surface area (Å²) in [5, 5.41) is 3.45. The number of rotatable bonds is 6. The van der Waals surface area contributed by atoms with Crippen LogP contribution in [-0.2, 0) is 19.4 Å². The van der Waals surface area contributed by atoms with Gasteiger partial charge >= 0.3 is 0 Å². The molecule has 108 valence electrons. The molecular weight excluding hydrogens is 234 g/mol. The van der Waals surface area contributed by atoms with Crippen molar-refractivity contribution in [3.05, 3.63) is 17.2 Å². The predicted molar refractivity (Wildman–Crippen MR) is 80.4 cm³/mol. The van der Waals surface area contributed by atoms with Crippen LogP contribution in [0.25, 0.3) is 0 Å². The minimum absolute atomic E-state index is 0.646. The summed E-state index contributed by atoms with van der Waals surface area (Å²) in [6, 6.07) is 0.646. The van der Waals surface area contributed by atoms with Gasteiger partial charge in [-0.2, -0.15) is 0 Å². The van der Waals surface area contributed by atoms with Crippen LogP contribution in [0.2, 0.25) is 0 Å². The number of hydrogen-bond donors (Lipinski definition) is 1. The van der Waals surface area contributed by atoms with Crippen molar-refractivity contribution in [2.24, 2.45) is 5.92 Å². The number of aromatic nitrogens is 2. The van der Waals surface area contributed by atoms with E-state index in [1.54, 1.807) is 0 Å². The normalized spacial score (nSPS) is 16.7. The molecule has 1 aliphatic heterocycles. The first-order chi connectivity index (χ1) is 9.17. The van der Waals surface area contributed by atoms with Crippen molar-refractivity contribution in [1.29, 1.82) is 0 Å². The first-order valence-corrected chi connectivity index (χ1v) is 7.96. The Hall–Kier alpha value is -0.830. The second-order valence-electron chi connectivity index (χ2n) is 6.17. The van der Waals surface area contributed by atoms with E-state index in [0.717, 1.165) is 25.9 Å². The summed E-state index contributed by atoms with van der Waals surface area (Å²) in [5.41, 5.74) is 2.81. The van der Waals surface area contributed by atoms with Crippen LogP contribution in [0.1, 0.15) is 70.2 Å². The molecule has 2 heterocycles. The topological polar surface area (TPSA) is 29.9 Å². The van der Waals surface area contributed by atoms with Gasteiger partial charge in [-0.1, -0.05) is 34.1 Å². The number of nitrogens with one attached hydrogen (secondary N) is 1. The molecule has 0 bridgehead atoms. The third kappa shape index (κ3) is 3.19. The summed E-state index contributed by atoms with van der Waals surface area (Å²) in [5.74, 6) is 2.00. The molecule has 0 fully saturated rings. The van der Waals surface area contributed by atoms with Crippen LogP contribution >= 0.6 is 0 Å². The van der Waals surface area contributed by atoms with Gasteiger partial charge < -0.3 is 9.88 Å². The molecule has 1 aliphatic rings. The standard InChI is InChI=1S/C16H29N3/c1-5-7-13(6-2)19-15-8-9-17-11-14(15)18-16(19)10-12(3)4/h12-13,17H,5-11H2,1-4H3. The molecule has 1 aromatic rings. The van der Waals surface area contributed by atoms with Crippen LogP contribution in [0, 0.1) is 5.92 Å². The lowest BCUT2D eigenvalue weighted by molar-refractivity contribution is 0.409. The van der Waals surface area contributed by atoms with Crippen molar-refractivity contribution in [1.82, 2.24) is 14.9 Å². The maximum absolute atomic E-state index is 4.94. The van der Waals surface area contributed by atoms with E-state index in [0.29, 0.717) is 12.0 Å². The monoisotopic (exact) mass is 263 g/mol. The van der Waals surface area contributed by atoms with Gasteiger partial charge in [-0.25, -0.2) is 4.98 Å².